The lowest BCUT2D eigenvalue weighted by molar-refractivity contribution is -0.134. The molecule has 1 aromatic carbocycles. The van der Waals surface area contributed by atoms with Gasteiger partial charge in [-0.05, 0) is 49.3 Å². The summed E-state index contributed by atoms with van der Waals surface area (Å²) in [5.41, 5.74) is 0.959. The van der Waals surface area contributed by atoms with Gasteiger partial charge in [-0.1, -0.05) is 33.8 Å². The molecule has 0 aliphatic heterocycles. The maximum absolute atomic E-state index is 12.9. The first-order chi connectivity index (χ1) is 12.7. The van der Waals surface area contributed by atoms with Crippen LogP contribution in [0.5, 0.6) is 11.5 Å². The van der Waals surface area contributed by atoms with Crippen molar-refractivity contribution in [3.63, 3.8) is 0 Å². The van der Waals surface area contributed by atoms with Crippen LogP contribution in [0.2, 0.25) is 0 Å². The lowest BCUT2D eigenvalue weighted by atomic mass is 9.84. The van der Waals surface area contributed by atoms with Gasteiger partial charge in [-0.3, -0.25) is 4.79 Å². The van der Waals surface area contributed by atoms with Gasteiger partial charge in [-0.25, -0.2) is 0 Å². The molecule has 0 N–H and O–H groups in total. The highest BCUT2D eigenvalue weighted by Crippen LogP contribution is 2.30. The molecule has 160 valence electrons. The van der Waals surface area contributed by atoms with Gasteiger partial charge in [0, 0.05) is 19.0 Å². The number of nitrogens with zero attached hydrogens (tertiary/aromatic N) is 1. The van der Waals surface area contributed by atoms with Crippen LogP contribution in [0.25, 0.3) is 0 Å². The Bertz CT molecular complexity index is 765. The molecule has 1 atom stereocenters. The Morgan fingerprint density at radius 1 is 1.14 bits per heavy atom. The molecule has 0 spiro atoms. The molecular weight excluding hydrogens is 378 g/mol. The van der Waals surface area contributed by atoms with Gasteiger partial charge in [0.15, 0.2) is 11.5 Å². The Morgan fingerprint density at radius 3 is 2.21 bits per heavy atom. The Balaban J connectivity index is 3.00. The third-order valence-electron chi connectivity index (χ3n) is 4.25. The molecule has 0 fully saturated rings. The number of carbonyl (C=O) groups is 1. The van der Waals surface area contributed by atoms with Crippen LogP contribution in [-0.2, 0) is 21.5 Å². The molecule has 1 aromatic rings. The molecule has 6 nitrogen and oxygen atoms in total. The van der Waals surface area contributed by atoms with E-state index >= 15 is 0 Å². The SMILES string of the molecule is COc1ccc(CN(C(=O)C[C@@H](C)CC(C)(C)C)C(C)C)cc1OS(C)(=O)=O. The summed E-state index contributed by atoms with van der Waals surface area (Å²) >= 11 is 0. The largest absolute Gasteiger partial charge is 0.493 e. The highest BCUT2D eigenvalue weighted by atomic mass is 32.2. The maximum Gasteiger partial charge on any atom is 0.306 e. The van der Waals surface area contributed by atoms with Crippen molar-refractivity contribution in [3.8, 4) is 11.5 Å². The van der Waals surface area contributed by atoms with E-state index in [1.807, 2.05) is 24.8 Å². The zero-order valence-corrected chi connectivity index (χ0v) is 19.2. The summed E-state index contributed by atoms with van der Waals surface area (Å²) in [4.78, 5) is 14.7. The number of methoxy groups -OCH3 is 1. The molecule has 0 saturated carbocycles. The van der Waals surface area contributed by atoms with Crippen LogP contribution >= 0.6 is 0 Å². The summed E-state index contributed by atoms with van der Waals surface area (Å²) < 4.78 is 33.2. The number of amides is 1. The van der Waals surface area contributed by atoms with Crippen LogP contribution in [0.1, 0.15) is 59.9 Å². The number of benzene rings is 1. The van der Waals surface area contributed by atoms with Gasteiger partial charge in [-0.2, -0.15) is 8.42 Å². The van der Waals surface area contributed by atoms with Gasteiger partial charge in [-0.15, -0.1) is 0 Å². The average molecular weight is 414 g/mol. The monoisotopic (exact) mass is 413 g/mol. The quantitative estimate of drug-likeness (QED) is 0.566. The van der Waals surface area contributed by atoms with Crippen LogP contribution < -0.4 is 8.92 Å². The summed E-state index contributed by atoms with van der Waals surface area (Å²) in [6.45, 7) is 13.0. The fourth-order valence-corrected chi connectivity index (χ4v) is 3.79. The topological polar surface area (TPSA) is 72.9 Å². The maximum atomic E-state index is 12.9. The van der Waals surface area contributed by atoms with Crippen molar-refractivity contribution in [2.75, 3.05) is 13.4 Å². The van der Waals surface area contributed by atoms with E-state index < -0.39 is 10.1 Å². The van der Waals surface area contributed by atoms with Crippen LogP contribution in [0.4, 0.5) is 0 Å². The fraction of sp³-hybridized carbons (Fsp3) is 0.667. The minimum absolute atomic E-state index is 0.0238. The number of hydrogen-bond acceptors (Lipinski definition) is 5. The van der Waals surface area contributed by atoms with E-state index in [9.17, 15) is 13.2 Å². The molecule has 0 radical (unpaired) electrons. The van der Waals surface area contributed by atoms with Gasteiger partial charge >= 0.3 is 10.1 Å². The van der Waals surface area contributed by atoms with Crippen molar-refractivity contribution >= 4 is 16.0 Å². The first kappa shape index (κ1) is 24.3. The molecule has 1 rings (SSSR count). The molecule has 1 amide bonds. The molecule has 28 heavy (non-hydrogen) atoms. The van der Waals surface area contributed by atoms with E-state index in [1.54, 1.807) is 12.1 Å². The second-order valence-electron chi connectivity index (χ2n) is 8.96. The van der Waals surface area contributed by atoms with E-state index in [1.165, 1.54) is 7.11 Å². The Labute approximate surface area is 170 Å². The van der Waals surface area contributed by atoms with Gasteiger partial charge < -0.3 is 13.8 Å². The average Bonchev–Trinajstić information content (AvgIpc) is 2.48. The molecule has 0 aromatic heterocycles. The molecule has 0 saturated heterocycles. The third kappa shape index (κ3) is 8.50. The van der Waals surface area contributed by atoms with E-state index in [-0.39, 0.29) is 29.0 Å². The number of carbonyl (C=O) groups excluding carboxylic acids is 1. The van der Waals surface area contributed by atoms with Crippen molar-refractivity contribution < 1.29 is 22.1 Å². The van der Waals surface area contributed by atoms with Crippen molar-refractivity contribution in [2.45, 2.75) is 67.0 Å². The van der Waals surface area contributed by atoms with Gasteiger partial charge in [0.1, 0.15) is 0 Å². The Hall–Kier alpha value is -1.76. The van der Waals surface area contributed by atoms with Crippen molar-refractivity contribution in [1.29, 1.82) is 0 Å². The Kier molecular flexibility index (Phi) is 8.35. The molecule has 0 bridgehead atoms. The minimum atomic E-state index is -3.68. The molecule has 0 heterocycles. The standard InChI is InChI=1S/C21H35NO5S/c1-15(2)22(20(23)11-16(3)13-21(4,5)6)14-17-9-10-18(26-7)19(12-17)27-28(8,24)25/h9-10,12,15-16H,11,13-14H2,1-8H3/t16-/m1/s1. The molecule has 0 aliphatic carbocycles. The zero-order valence-electron chi connectivity index (χ0n) is 18.4. The van der Waals surface area contributed by atoms with Gasteiger partial charge in [0.05, 0.1) is 13.4 Å². The van der Waals surface area contributed by atoms with Gasteiger partial charge in [0.2, 0.25) is 5.91 Å². The van der Waals surface area contributed by atoms with Crippen LogP contribution in [0.15, 0.2) is 18.2 Å². The van der Waals surface area contributed by atoms with E-state index in [0.717, 1.165) is 18.2 Å². The summed E-state index contributed by atoms with van der Waals surface area (Å²) in [6.07, 6.45) is 2.44. The predicted octanol–water partition coefficient (Wildman–Crippen LogP) is 4.23. The fourth-order valence-electron chi connectivity index (χ4n) is 3.34. The Morgan fingerprint density at radius 2 is 1.75 bits per heavy atom. The minimum Gasteiger partial charge on any atom is -0.493 e. The zero-order chi connectivity index (χ0) is 21.7. The molecular formula is C21H35NO5S. The molecule has 0 unspecified atom stereocenters. The number of rotatable bonds is 9. The lowest BCUT2D eigenvalue weighted by Crippen LogP contribution is -2.37. The highest BCUT2D eigenvalue weighted by molar-refractivity contribution is 7.86. The second-order valence-corrected chi connectivity index (χ2v) is 10.5. The molecule has 0 aliphatic rings. The van der Waals surface area contributed by atoms with E-state index in [2.05, 4.69) is 27.7 Å². The number of hydrogen-bond donors (Lipinski definition) is 0. The molecule has 7 heteroatoms. The second kappa shape index (κ2) is 9.63. The van der Waals surface area contributed by atoms with Crippen molar-refractivity contribution in [3.05, 3.63) is 23.8 Å². The van der Waals surface area contributed by atoms with E-state index in [4.69, 9.17) is 8.92 Å². The van der Waals surface area contributed by atoms with Crippen LogP contribution in [0, 0.1) is 11.3 Å². The summed E-state index contributed by atoms with van der Waals surface area (Å²) in [7, 11) is -2.23. The normalized spacial score (nSPS) is 13.3. The lowest BCUT2D eigenvalue weighted by Gasteiger charge is -2.30. The number of ether oxygens (including phenoxy) is 1. The van der Waals surface area contributed by atoms with Crippen LogP contribution in [0.3, 0.4) is 0 Å². The van der Waals surface area contributed by atoms with E-state index in [0.29, 0.717) is 18.7 Å². The first-order valence-corrected chi connectivity index (χ1v) is 11.4. The summed E-state index contributed by atoms with van der Waals surface area (Å²) in [5, 5.41) is 0. The smallest absolute Gasteiger partial charge is 0.306 e. The van der Waals surface area contributed by atoms with Gasteiger partial charge in [0.25, 0.3) is 0 Å². The third-order valence-corrected chi connectivity index (χ3v) is 4.73. The summed E-state index contributed by atoms with van der Waals surface area (Å²) in [6, 6.07) is 5.10. The summed E-state index contributed by atoms with van der Waals surface area (Å²) in [5.74, 6) is 0.831. The van der Waals surface area contributed by atoms with Crippen molar-refractivity contribution in [2.24, 2.45) is 11.3 Å². The van der Waals surface area contributed by atoms with Crippen molar-refractivity contribution in [1.82, 2.24) is 4.90 Å². The van der Waals surface area contributed by atoms with Crippen LogP contribution in [-0.4, -0.2) is 38.6 Å². The predicted molar refractivity (Wildman–Crippen MR) is 112 cm³/mol. The highest BCUT2D eigenvalue weighted by Gasteiger charge is 2.23. The first-order valence-electron chi connectivity index (χ1n) is 9.57.